The molecule has 4 rings (SSSR count). The predicted molar refractivity (Wildman–Crippen MR) is 155 cm³/mol. The highest BCUT2D eigenvalue weighted by Crippen LogP contribution is 2.43. The first kappa shape index (κ1) is 27.5. The number of hydrogen-bond acceptors (Lipinski definition) is 0. The van der Waals surface area contributed by atoms with Crippen molar-refractivity contribution < 1.29 is 0 Å². The molecule has 0 nitrogen and oxygen atoms in total. The summed E-state index contributed by atoms with van der Waals surface area (Å²) in [5, 5.41) is 0. The van der Waals surface area contributed by atoms with Gasteiger partial charge in [-0.3, -0.25) is 0 Å². The van der Waals surface area contributed by atoms with Crippen molar-refractivity contribution in [3.8, 4) is 0 Å². The van der Waals surface area contributed by atoms with E-state index in [2.05, 4.69) is 38.2 Å². The van der Waals surface area contributed by atoms with Crippen molar-refractivity contribution in [3.63, 3.8) is 0 Å². The predicted octanol–water partition coefficient (Wildman–Crippen LogP) is 11.3. The fourth-order valence-electron chi connectivity index (χ4n) is 8.69. The van der Waals surface area contributed by atoms with Gasteiger partial charge in [0.2, 0.25) is 0 Å². The van der Waals surface area contributed by atoms with Crippen molar-refractivity contribution >= 4 is 0 Å². The molecule has 200 valence electrons. The van der Waals surface area contributed by atoms with E-state index in [-0.39, 0.29) is 0 Å². The fraction of sp³-hybridized carbons (Fsp3) is 0.886. The molecule has 4 fully saturated rings. The minimum atomic E-state index is 0.977. The molecule has 0 heterocycles. The highest BCUT2D eigenvalue weighted by Gasteiger charge is 2.30. The van der Waals surface area contributed by atoms with Gasteiger partial charge in [-0.25, -0.2) is 0 Å². The van der Waals surface area contributed by atoms with E-state index in [4.69, 9.17) is 0 Å². The normalized spacial score (nSPS) is 39.4. The number of hydrogen-bond donors (Lipinski definition) is 0. The Balaban J connectivity index is 1.04. The summed E-state index contributed by atoms with van der Waals surface area (Å²) in [6.45, 7) is 4.58. The van der Waals surface area contributed by atoms with E-state index in [0.29, 0.717) is 0 Å². The highest BCUT2D eigenvalue weighted by atomic mass is 14.4. The minimum absolute atomic E-state index is 0.977. The van der Waals surface area contributed by atoms with E-state index in [0.717, 1.165) is 53.8 Å². The van der Waals surface area contributed by atoms with Crippen molar-refractivity contribution in [1.82, 2.24) is 0 Å². The molecule has 0 spiro atoms. The molecular weight excluding hydrogens is 420 g/mol. The van der Waals surface area contributed by atoms with Gasteiger partial charge in [-0.15, -0.1) is 0 Å². The third-order valence-corrected chi connectivity index (χ3v) is 11.2. The molecule has 0 radical (unpaired) electrons. The minimum Gasteiger partial charge on any atom is -0.0914 e. The zero-order valence-corrected chi connectivity index (χ0v) is 23.8. The molecule has 35 heavy (non-hydrogen) atoms. The zero-order chi connectivity index (χ0) is 24.3. The molecule has 0 amide bonds. The zero-order valence-electron chi connectivity index (χ0n) is 23.8. The molecule has 4 aliphatic carbocycles. The molecule has 4 saturated carbocycles. The second kappa shape index (κ2) is 15.0. The molecule has 0 aliphatic heterocycles. The molecular formula is C35H60. The average Bonchev–Trinajstić information content (AvgIpc) is 2.89. The van der Waals surface area contributed by atoms with Gasteiger partial charge in [0.15, 0.2) is 0 Å². The van der Waals surface area contributed by atoms with E-state index < -0.39 is 0 Å². The summed E-state index contributed by atoms with van der Waals surface area (Å²) in [5.41, 5.74) is 0. The third-order valence-electron chi connectivity index (χ3n) is 11.2. The van der Waals surface area contributed by atoms with Crippen LogP contribution in [0.2, 0.25) is 0 Å². The van der Waals surface area contributed by atoms with Crippen LogP contribution in [0.5, 0.6) is 0 Å². The van der Waals surface area contributed by atoms with Gasteiger partial charge in [0.05, 0.1) is 0 Å². The van der Waals surface area contributed by atoms with Crippen LogP contribution in [0.3, 0.4) is 0 Å². The molecule has 0 saturated heterocycles. The maximum absolute atomic E-state index is 2.47. The van der Waals surface area contributed by atoms with Gasteiger partial charge in [-0.2, -0.15) is 0 Å². The van der Waals surface area contributed by atoms with Crippen LogP contribution < -0.4 is 0 Å². The summed E-state index contributed by atoms with van der Waals surface area (Å²) in [7, 11) is 0. The Hall–Kier alpha value is -0.520. The van der Waals surface area contributed by atoms with E-state index >= 15 is 0 Å². The largest absolute Gasteiger partial charge is 0.0914 e. The van der Waals surface area contributed by atoms with Crippen LogP contribution in [0.25, 0.3) is 0 Å². The second-order valence-corrected chi connectivity index (χ2v) is 14.0. The van der Waals surface area contributed by atoms with Crippen molar-refractivity contribution in [3.05, 3.63) is 24.3 Å². The first-order valence-electron chi connectivity index (χ1n) is 16.4. The van der Waals surface area contributed by atoms with Crippen LogP contribution in [0, 0.1) is 47.3 Å². The molecule has 0 unspecified atom stereocenters. The lowest BCUT2D eigenvalue weighted by Crippen LogP contribution is -2.24. The van der Waals surface area contributed by atoms with Crippen LogP contribution in [-0.2, 0) is 0 Å². The van der Waals surface area contributed by atoms with Crippen LogP contribution in [-0.4, -0.2) is 0 Å². The molecule has 0 aromatic carbocycles. The van der Waals surface area contributed by atoms with Crippen molar-refractivity contribution in [1.29, 1.82) is 0 Å². The lowest BCUT2D eigenvalue weighted by Gasteiger charge is -2.37. The molecule has 0 aromatic rings. The lowest BCUT2D eigenvalue weighted by molar-refractivity contribution is 0.153. The summed E-state index contributed by atoms with van der Waals surface area (Å²) in [6, 6.07) is 0. The van der Waals surface area contributed by atoms with Gasteiger partial charge in [0, 0.05) is 0 Å². The van der Waals surface area contributed by atoms with Crippen molar-refractivity contribution in [2.45, 2.75) is 149 Å². The van der Waals surface area contributed by atoms with E-state index in [9.17, 15) is 0 Å². The number of rotatable bonds is 10. The van der Waals surface area contributed by atoms with Crippen LogP contribution in [0.4, 0.5) is 0 Å². The maximum atomic E-state index is 2.47. The van der Waals surface area contributed by atoms with E-state index in [1.165, 1.54) is 44.9 Å². The van der Waals surface area contributed by atoms with Crippen LogP contribution in [0.1, 0.15) is 149 Å². The van der Waals surface area contributed by atoms with Gasteiger partial charge >= 0.3 is 0 Å². The number of allylic oxidation sites excluding steroid dienone is 4. The quantitative estimate of drug-likeness (QED) is 0.273. The molecule has 0 atom stereocenters. The molecule has 0 N–H and O–H groups in total. The van der Waals surface area contributed by atoms with Gasteiger partial charge in [-0.1, -0.05) is 121 Å². The first-order valence-corrected chi connectivity index (χ1v) is 16.4. The summed E-state index contributed by atoms with van der Waals surface area (Å²) >= 11 is 0. The Labute approximate surface area is 220 Å². The molecule has 0 heteroatoms. The Morgan fingerprint density at radius 1 is 0.429 bits per heavy atom. The summed E-state index contributed by atoms with van der Waals surface area (Å²) in [6.07, 6.45) is 41.1. The summed E-state index contributed by atoms with van der Waals surface area (Å²) in [5.74, 6) is 8.46. The smallest absolute Gasteiger partial charge is 0.0169 e. The van der Waals surface area contributed by atoms with Crippen molar-refractivity contribution in [2.75, 3.05) is 0 Å². The maximum Gasteiger partial charge on any atom is -0.0169 e. The van der Waals surface area contributed by atoms with Gasteiger partial charge in [0.25, 0.3) is 0 Å². The average molecular weight is 481 g/mol. The Morgan fingerprint density at radius 3 is 1.14 bits per heavy atom. The first-order chi connectivity index (χ1) is 17.2. The molecule has 0 bridgehead atoms. The van der Waals surface area contributed by atoms with Crippen LogP contribution >= 0.6 is 0 Å². The highest BCUT2D eigenvalue weighted by molar-refractivity contribution is 4.93. The molecule has 4 aliphatic rings. The van der Waals surface area contributed by atoms with Crippen molar-refractivity contribution in [2.24, 2.45) is 47.3 Å². The standard InChI is InChI=1S/C35H60/c1-3-4-5-6-7-8-29-13-15-31(16-14-29)26-33-21-23-35(24-22-33)27-34-19-17-32(18-20-34)25-30-11-9-28(2)10-12-30/h3-4,6-7,28-35H,5,8-27H2,1-2H3/b4-3+,7-6?. The monoisotopic (exact) mass is 480 g/mol. The van der Waals surface area contributed by atoms with Gasteiger partial charge in [0.1, 0.15) is 0 Å². The Bertz CT molecular complexity index is 596. The third kappa shape index (κ3) is 9.70. The Kier molecular flexibility index (Phi) is 11.8. The van der Waals surface area contributed by atoms with E-state index in [1.807, 2.05) is 0 Å². The van der Waals surface area contributed by atoms with Crippen LogP contribution in [0.15, 0.2) is 24.3 Å². The fourth-order valence-corrected chi connectivity index (χ4v) is 8.69. The second-order valence-electron chi connectivity index (χ2n) is 14.0. The van der Waals surface area contributed by atoms with E-state index in [1.54, 1.807) is 83.5 Å². The van der Waals surface area contributed by atoms with Gasteiger partial charge < -0.3 is 0 Å². The van der Waals surface area contributed by atoms with Gasteiger partial charge in [-0.05, 0) is 99.2 Å². The topological polar surface area (TPSA) is 0 Å². The Morgan fingerprint density at radius 2 is 0.771 bits per heavy atom. The molecule has 0 aromatic heterocycles. The summed E-state index contributed by atoms with van der Waals surface area (Å²) in [4.78, 5) is 0. The summed E-state index contributed by atoms with van der Waals surface area (Å²) < 4.78 is 0. The lowest BCUT2D eigenvalue weighted by atomic mass is 9.69. The SMILES string of the molecule is C/C=C/CC=CCC1CCC(CC2CCC(CC3CCC(CC4CCC(C)CC4)CC3)CC2)CC1.